The second-order valence-electron chi connectivity index (χ2n) is 7.35. The van der Waals surface area contributed by atoms with Gasteiger partial charge in [-0.15, -0.1) is 0 Å². The molecular formula is C21H25NO4. The Morgan fingerprint density at radius 2 is 1.92 bits per heavy atom. The van der Waals surface area contributed by atoms with Gasteiger partial charge in [0.2, 0.25) is 0 Å². The zero-order chi connectivity index (χ0) is 18.9. The molecule has 5 nitrogen and oxygen atoms in total. The molecule has 1 aliphatic rings. The molecular weight excluding hydrogens is 330 g/mol. The number of hydrogen-bond donors (Lipinski definition) is 2. The number of rotatable bonds is 4. The molecule has 0 saturated carbocycles. The Morgan fingerprint density at radius 1 is 1.15 bits per heavy atom. The third kappa shape index (κ3) is 3.34. The molecule has 5 heteroatoms. The molecule has 1 unspecified atom stereocenters. The minimum Gasteiger partial charge on any atom is -0.497 e. The van der Waals surface area contributed by atoms with Crippen LogP contribution in [0.15, 0.2) is 36.4 Å². The predicted molar refractivity (Wildman–Crippen MR) is 101 cm³/mol. The van der Waals surface area contributed by atoms with Gasteiger partial charge in [-0.3, -0.25) is 0 Å². The Bertz CT molecular complexity index is 829. The summed E-state index contributed by atoms with van der Waals surface area (Å²) in [7, 11) is 3.27. The number of carboxylic acid groups (broad SMARTS) is 1. The number of amides is 1. The highest BCUT2D eigenvalue weighted by Crippen LogP contribution is 2.45. The van der Waals surface area contributed by atoms with Gasteiger partial charge in [0.05, 0.1) is 20.3 Å². The van der Waals surface area contributed by atoms with Crippen LogP contribution in [0.2, 0.25) is 0 Å². The number of methoxy groups -OCH3 is 2. The summed E-state index contributed by atoms with van der Waals surface area (Å²) < 4.78 is 10.8. The first-order chi connectivity index (χ1) is 12.4. The lowest BCUT2D eigenvalue weighted by Crippen LogP contribution is -2.40. The van der Waals surface area contributed by atoms with Crippen LogP contribution in [0.3, 0.4) is 0 Å². The highest BCUT2D eigenvalue weighted by Gasteiger charge is 2.37. The fraction of sp³-hybridized carbons (Fsp3) is 0.381. The van der Waals surface area contributed by atoms with E-state index < -0.39 is 6.09 Å². The van der Waals surface area contributed by atoms with E-state index in [1.54, 1.807) is 14.2 Å². The lowest BCUT2D eigenvalue weighted by Gasteiger charge is -2.40. The van der Waals surface area contributed by atoms with Crippen LogP contribution in [-0.4, -0.2) is 25.4 Å². The van der Waals surface area contributed by atoms with Gasteiger partial charge in [0.15, 0.2) is 0 Å². The zero-order valence-corrected chi connectivity index (χ0v) is 15.6. The first-order valence-corrected chi connectivity index (χ1v) is 8.70. The molecule has 2 aromatic carbocycles. The van der Waals surface area contributed by atoms with Gasteiger partial charge >= 0.3 is 6.09 Å². The molecule has 0 spiro atoms. The van der Waals surface area contributed by atoms with Gasteiger partial charge in [-0.05, 0) is 47.1 Å². The van der Waals surface area contributed by atoms with Crippen molar-refractivity contribution in [3.63, 3.8) is 0 Å². The van der Waals surface area contributed by atoms with Crippen molar-refractivity contribution in [2.75, 3.05) is 14.2 Å². The molecule has 0 aliphatic heterocycles. The number of fused-ring (bicyclic) bond motifs is 1. The van der Waals surface area contributed by atoms with Gasteiger partial charge in [0, 0.05) is 11.6 Å². The average molecular weight is 355 g/mol. The second kappa shape index (κ2) is 6.90. The number of nitrogens with one attached hydrogen (secondary N) is 1. The Morgan fingerprint density at radius 3 is 2.58 bits per heavy atom. The van der Waals surface area contributed by atoms with E-state index in [9.17, 15) is 9.90 Å². The molecule has 138 valence electrons. The topological polar surface area (TPSA) is 67.8 Å². The monoisotopic (exact) mass is 355 g/mol. The van der Waals surface area contributed by atoms with Crippen molar-refractivity contribution in [2.24, 2.45) is 5.41 Å². The SMILES string of the molecule is COc1ccc(-c2ccc3c(c2)CCC(C)(C)C3NC(=O)O)c(OC)c1. The van der Waals surface area contributed by atoms with Crippen molar-refractivity contribution in [2.45, 2.75) is 32.7 Å². The largest absolute Gasteiger partial charge is 0.497 e. The Kier molecular flexibility index (Phi) is 4.81. The van der Waals surface area contributed by atoms with Gasteiger partial charge in [0.1, 0.15) is 11.5 Å². The molecule has 0 heterocycles. The number of benzene rings is 2. The van der Waals surface area contributed by atoms with Crippen LogP contribution in [0, 0.1) is 5.41 Å². The fourth-order valence-corrected chi connectivity index (χ4v) is 3.73. The van der Waals surface area contributed by atoms with E-state index in [1.165, 1.54) is 5.56 Å². The minimum atomic E-state index is -0.989. The van der Waals surface area contributed by atoms with Crippen molar-refractivity contribution >= 4 is 6.09 Å². The summed E-state index contributed by atoms with van der Waals surface area (Å²) >= 11 is 0. The predicted octanol–water partition coefficient (Wildman–Crippen LogP) is 4.65. The van der Waals surface area contributed by atoms with Crippen LogP contribution in [0.25, 0.3) is 11.1 Å². The highest BCUT2D eigenvalue weighted by atomic mass is 16.5. The molecule has 0 fully saturated rings. The van der Waals surface area contributed by atoms with Crippen molar-refractivity contribution in [3.8, 4) is 22.6 Å². The number of ether oxygens (including phenoxy) is 2. The summed E-state index contributed by atoms with van der Waals surface area (Å²) in [6, 6.07) is 11.8. The van der Waals surface area contributed by atoms with Crippen molar-refractivity contribution in [3.05, 3.63) is 47.5 Å². The van der Waals surface area contributed by atoms with Crippen molar-refractivity contribution in [1.29, 1.82) is 0 Å². The van der Waals surface area contributed by atoms with E-state index >= 15 is 0 Å². The van der Waals surface area contributed by atoms with Crippen LogP contribution in [0.1, 0.15) is 37.4 Å². The lowest BCUT2D eigenvalue weighted by molar-refractivity contribution is 0.161. The zero-order valence-electron chi connectivity index (χ0n) is 15.6. The molecule has 26 heavy (non-hydrogen) atoms. The van der Waals surface area contributed by atoms with E-state index in [2.05, 4.69) is 25.2 Å². The summed E-state index contributed by atoms with van der Waals surface area (Å²) in [5.74, 6) is 1.50. The van der Waals surface area contributed by atoms with E-state index in [1.807, 2.05) is 30.3 Å². The Balaban J connectivity index is 2.03. The Hall–Kier alpha value is -2.69. The number of aryl methyl sites for hydroxylation is 1. The third-order valence-corrected chi connectivity index (χ3v) is 5.26. The minimum absolute atomic E-state index is 0.120. The molecule has 0 saturated heterocycles. The molecule has 2 aromatic rings. The smallest absolute Gasteiger partial charge is 0.405 e. The maximum atomic E-state index is 11.3. The molecule has 0 bridgehead atoms. The van der Waals surface area contributed by atoms with Crippen LogP contribution < -0.4 is 14.8 Å². The summed E-state index contributed by atoms with van der Waals surface area (Å²) in [5, 5.41) is 11.9. The molecule has 3 rings (SSSR count). The van der Waals surface area contributed by atoms with Crippen molar-refractivity contribution in [1.82, 2.24) is 5.32 Å². The summed E-state index contributed by atoms with van der Waals surface area (Å²) in [4.78, 5) is 11.3. The van der Waals surface area contributed by atoms with Crippen molar-refractivity contribution < 1.29 is 19.4 Å². The maximum absolute atomic E-state index is 11.3. The van der Waals surface area contributed by atoms with E-state index in [-0.39, 0.29) is 11.5 Å². The first kappa shape index (κ1) is 18.1. The molecule has 0 aromatic heterocycles. The normalized spacial score (nSPS) is 17.9. The van der Waals surface area contributed by atoms with E-state index in [0.717, 1.165) is 41.0 Å². The summed E-state index contributed by atoms with van der Waals surface area (Å²) in [6.45, 7) is 4.22. The molecule has 0 radical (unpaired) electrons. The van der Waals surface area contributed by atoms with Crippen LogP contribution in [-0.2, 0) is 6.42 Å². The number of carbonyl (C=O) groups is 1. The van der Waals surface area contributed by atoms with Crippen LogP contribution >= 0.6 is 0 Å². The molecule has 1 amide bonds. The molecule has 1 aliphatic carbocycles. The van der Waals surface area contributed by atoms with Crippen LogP contribution in [0.5, 0.6) is 11.5 Å². The quantitative estimate of drug-likeness (QED) is 0.837. The second-order valence-corrected chi connectivity index (χ2v) is 7.35. The van der Waals surface area contributed by atoms with Crippen LogP contribution in [0.4, 0.5) is 4.79 Å². The highest BCUT2D eigenvalue weighted by molar-refractivity contribution is 5.73. The number of hydrogen-bond acceptors (Lipinski definition) is 3. The van der Waals surface area contributed by atoms with Gasteiger partial charge in [-0.25, -0.2) is 4.79 Å². The van der Waals surface area contributed by atoms with Gasteiger partial charge in [-0.2, -0.15) is 0 Å². The standard InChI is InChI=1S/C21H25NO4/c1-21(2)10-9-14-11-13(5-7-17(14)19(21)22-20(23)24)16-8-6-15(25-3)12-18(16)26-4/h5-8,11-12,19,22H,9-10H2,1-4H3,(H,23,24). The fourth-order valence-electron chi connectivity index (χ4n) is 3.73. The van der Waals surface area contributed by atoms with E-state index in [4.69, 9.17) is 9.47 Å². The summed E-state index contributed by atoms with van der Waals surface area (Å²) in [6.07, 6.45) is 0.859. The summed E-state index contributed by atoms with van der Waals surface area (Å²) in [5.41, 5.74) is 4.16. The third-order valence-electron chi connectivity index (χ3n) is 5.26. The van der Waals surface area contributed by atoms with Gasteiger partial charge in [-0.1, -0.05) is 32.0 Å². The average Bonchev–Trinajstić information content (AvgIpc) is 2.63. The maximum Gasteiger partial charge on any atom is 0.405 e. The van der Waals surface area contributed by atoms with Gasteiger partial charge in [0.25, 0.3) is 0 Å². The molecule has 2 N–H and O–H groups in total. The molecule has 1 atom stereocenters. The van der Waals surface area contributed by atoms with E-state index in [0.29, 0.717) is 0 Å². The first-order valence-electron chi connectivity index (χ1n) is 8.70. The van der Waals surface area contributed by atoms with Gasteiger partial charge < -0.3 is 19.9 Å². The lowest BCUT2D eigenvalue weighted by atomic mass is 9.70. The Labute approximate surface area is 153 Å².